The van der Waals surface area contributed by atoms with Gasteiger partial charge in [0.15, 0.2) is 0 Å². The Morgan fingerprint density at radius 2 is 2.00 bits per heavy atom. The van der Waals surface area contributed by atoms with Gasteiger partial charge in [-0.1, -0.05) is 6.07 Å². The van der Waals surface area contributed by atoms with Gasteiger partial charge in [-0.15, -0.1) is 0 Å². The summed E-state index contributed by atoms with van der Waals surface area (Å²) >= 11 is 0. The highest BCUT2D eigenvalue weighted by Crippen LogP contribution is 2.27. The van der Waals surface area contributed by atoms with E-state index in [1.807, 2.05) is 0 Å². The minimum atomic E-state index is -0.456. The smallest absolute Gasteiger partial charge is 0.293 e. The lowest BCUT2D eigenvalue weighted by Crippen LogP contribution is -2.17. The molecular formula is C15H15N5O3. The quantitative estimate of drug-likeness (QED) is 0.515. The monoisotopic (exact) mass is 313 g/mol. The third-order valence-electron chi connectivity index (χ3n) is 3.00. The van der Waals surface area contributed by atoms with E-state index in [0.29, 0.717) is 16.8 Å². The standard InChI is InChI=1S/C15H15N5O3/c1-19(2)13-4-3-11(9-14(13)20(22)23)10-17-18-15(21)12-5-7-16-8-6-12/h3-10H,1-2H3,(H,18,21)/b17-10-. The van der Waals surface area contributed by atoms with Gasteiger partial charge < -0.3 is 4.90 Å². The van der Waals surface area contributed by atoms with Crippen LogP contribution in [-0.2, 0) is 0 Å². The van der Waals surface area contributed by atoms with Crippen molar-refractivity contribution in [2.45, 2.75) is 0 Å². The van der Waals surface area contributed by atoms with Gasteiger partial charge in [-0.25, -0.2) is 5.43 Å². The van der Waals surface area contributed by atoms with Gasteiger partial charge in [-0.3, -0.25) is 19.9 Å². The number of aromatic nitrogens is 1. The first kappa shape index (κ1) is 16.1. The van der Waals surface area contributed by atoms with Crippen LogP contribution in [0.25, 0.3) is 0 Å². The van der Waals surface area contributed by atoms with Crippen LogP contribution >= 0.6 is 0 Å². The zero-order valence-corrected chi connectivity index (χ0v) is 12.6. The Labute approximate surface area is 132 Å². The number of rotatable bonds is 5. The Balaban J connectivity index is 2.12. The average Bonchev–Trinajstić information content (AvgIpc) is 2.55. The topological polar surface area (TPSA) is 101 Å². The molecule has 0 fully saturated rings. The van der Waals surface area contributed by atoms with Gasteiger partial charge in [0.1, 0.15) is 5.69 Å². The minimum absolute atomic E-state index is 0.0283. The summed E-state index contributed by atoms with van der Waals surface area (Å²) < 4.78 is 0. The molecule has 1 N–H and O–H groups in total. The number of benzene rings is 1. The number of carbonyl (C=O) groups is 1. The first-order valence-electron chi connectivity index (χ1n) is 6.68. The van der Waals surface area contributed by atoms with Crippen molar-refractivity contribution in [2.24, 2.45) is 5.10 Å². The normalized spacial score (nSPS) is 10.5. The second kappa shape index (κ2) is 7.12. The summed E-state index contributed by atoms with van der Waals surface area (Å²) in [6.07, 6.45) is 4.36. The van der Waals surface area contributed by atoms with E-state index in [9.17, 15) is 14.9 Å². The molecule has 2 rings (SSSR count). The molecule has 118 valence electrons. The lowest BCUT2D eigenvalue weighted by molar-refractivity contribution is -0.384. The number of carbonyl (C=O) groups excluding carboxylic acids is 1. The fourth-order valence-electron chi connectivity index (χ4n) is 1.88. The zero-order valence-electron chi connectivity index (χ0n) is 12.6. The number of hydrazone groups is 1. The Morgan fingerprint density at radius 1 is 1.30 bits per heavy atom. The van der Waals surface area contributed by atoms with E-state index in [1.165, 1.54) is 24.7 Å². The van der Waals surface area contributed by atoms with Crippen LogP contribution in [0.4, 0.5) is 11.4 Å². The van der Waals surface area contributed by atoms with Crippen LogP contribution < -0.4 is 10.3 Å². The largest absolute Gasteiger partial charge is 0.372 e. The van der Waals surface area contributed by atoms with Crippen LogP contribution in [-0.4, -0.2) is 36.1 Å². The summed E-state index contributed by atoms with van der Waals surface area (Å²) in [4.78, 5) is 27.9. The molecule has 0 atom stereocenters. The van der Waals surface area contributed by atoms with E-state index in [-0.39, 0.29) is 11.6 Å². The molecule has 0 saturated carbocycles. The van der Waals surface area contributed by atoms with Crippen LogP contribution in [0.3, 0.4) is 0 Å². The number of amides is 1. The molecule has 1 aromatic carbocycles. The Kier molecular flexibility index (Phi) is 4.98. The summed E-state index contributed by atoms with van der Waals surface area (Å²) in [7, 11) is 3.45. The van der Waals surface area contributed by atoms with E-state index in [2.05, 4.69) is 15.5 Å². The van der Waals surface area contributed by atoms with Gasteiger partial charge in [0.2, 0.25) is 0 Å². The molecule has 1 heterocycles. The van der Waals surface area contributed by atoms with Gasteiger partial charge >= 0.3 is 0 Å². The van der Waals surface area contributed by atoms with Crippen LogP contribution in [0.1, 0.15) is 15.9 Å². The first-order valence-corrected chi connectivity index (χ1v) is 6.68. The fraction of sp³-hybridized carbons (Fsp3) is 0.133. The van der Waals surface area contributed by atoms with E-state index >= 15 is 0 Å². The summed E-state index contributed by atoms with van der Waals surface area (Å²) in [5, 5.41) is 14.9. The molecule has 0 spiro atoms. The maximum atomic E-state index is 11.8. The van der Waals surface area contributed by atoms with E-state index in [1.54, 1.807) is 43.3 Å². The minimum Gasteiger partial charge on any atom is -0.372 e. The van der Waals surface area contributed by atoms with Crippen molar-refractivity contribution in [1.82, 2.24) is 10.4 Å². The lowest BCUT2D eigenvalue weighted by atomic mass is 10.2. The average molecular weight is 313 g/mol. The highest BCUT2D eigenvalue weighted by atomic mass is 16.6. The van der Waals surface area contributed by atoms with Crippen molar-refractivity contribution in [2.75, 3.05) is 19.0 Å². The first-order chi connectivity index (χ1) is 11.0. The molecule has 8 nitrogen and oxygen atoms in total. The maximum absolute atomic E-state index is 11.8. The highest BCUT2D eigenvalue weighted by Gasteiger charge is 2.15. The lowest BCUT2D eigenvalue weighted by Gasteiger charge is -2.12. The SMILES string of the molecule is CN(C)c1ccc(/C=N\NC(=O)c2ccncc2)cc1[N+](=O)[O-]. The predicted octanol–water partition coefficient (Wildman–Crippen LogP) is 1.82. The van der Waals surface area contributed by atoms with Crippen LogP contribution in [0.2, 0.25) is 0 Å². The number of pyridine rings is 1. The molecule has 0 aliphatic carbocycles. The van der Waals surface area contributed by atoms with Gasteiger partial charge in [-0.05, 0) is 18.2 Å². The maximum Gasteiger partial charge on any atom is 0.293 e. The summed E-state index contributed by atoms with van der Waals surface area (Å²) in [5.41, 5.74) is 3.75. The number of nitro groups is 1. The van der Waals surface area contributed by atoms with E-state index < -0.39 is 4.92 Å². The highest BCUT2D eigenvalue weighted by molar-refractivity contribution is 5.94. The van der Waals surface area contributed by atoms with Crippen LogP contribution in [0.5, 0.6) is 0 Å². The van der Waals surface area contributed by atoms with Crippen molar-refractivity contribution in [1.29, 1.82) is 0 Å². The molecular weight excluding hydrogens is 298 g/mol. The van der Waals surface area contributed by atoms with E-state index in [4.69, 9.17) is 0 Å². The van der Waals surface area contributed by atoms with Crippen molar-refractivity contribution in [3.63, 3.8) is 0 Å². The molecule has 1 aromatic heterocycles. The molecule has 0 radical (unpaired) electrons. The second-order valence-electron chi connectivity index (χ2n) is 4.83. The Bertz CT molecular complexity index is 744. The molecule has 0 saturated heterocycles. The number of nitrogens with one attached hydrogen (secondary N) is 1. The third kappa shape index (κ3) is 4.10. The zero-order chi connectivity index (χ0) is 16.8. The van der Waals surface area contributed by atoms with Crippen molar-refractivity contribution < 1.29 is 9.72 Å². The summed E-state index contributed by atoms with van der Waals surface area (Å²) in [6.45, 7) is 0. The molecule has 23 heavy (non-hydrogen) atoms. The van der Waals surface area contributed by atoms with E-state index in [0.717, 1.165) is 0 Å². The molecule has 0 unspecified atom stereocenters. The second-order valence-corrected chi connectivity index (χ2v) is 4.83. The van der Waals surface area contributed by atoms with Gasteiger partial charge in [0.05, 0.1) is 11.1 Å². The predicted molar refractivity (Wildman–Crippen MR) is 86.7 cm³/mol. The van der Waals surface area contributed by atoms with Crippen LogP contribution in [0, 0.1) is 10.1 Å². The summed E-state index contributed by atoms with van der Waals surface area (Å²) in [5.74, 6) is -0.386. The Hall–Kier alpha value is -3.29. The van der Waals surface area contributed by atoms with Crippen molar-refractivity contribution in [3.05, 3.63) is 64.0 Å². The molecule has 8 heteroatoms. The molecule has 2 aromatic rings. The van der Waals surface area contributed by atoms with Gasteiger partial charge in [0.25, 0.3) is 11.6 Å². The third-order valence-corrected chi connectivity index (χ3v) is 3.00. The van der Waals surface area contributed by atoms with Crippen molar-refractivity contribution in [3.8, 4) is 0 Å². The number of hydrogen-bond acceptors (Lipinski definition) is 6. The molecule has 0 bridgehead atoms. The number of nitrogens with zero attached hydrogens (tertiary/aromatic N) is 4. The number of anilines is 1. The molecule has 0 aliphatic heterocycles. The molecule has 1 amide bonds. The van der Waals surface area contributed by atoms with Gasteiger partial charge in [0, 0.05) is 43.7 Å². The molecule has 0 aliphatic rings. The summed E-state index contributed by atoms with van der Waals surface area (Å²) in [6, 6.07) is 7.83. The Morgan fingerprint density at radius 3 is 2.61 bits per heavy atom. The number of hydrogen-bond donors (Lipinski definition) is 1. The van der Waals surface area contributed by atoms with Crippen molar-refractivity contribution >= 4 is 23.5 Å². The van der Waals surface area contributed by atoms with Gasteiger partial charge in [-0.2, -0.15) is 5.10 Å². The fourth-order valence-corrected chi connectivity index (χ4v) is 1.88. The number of nitro benzene ring substituents is 1. The van der Waals surface area contributed by atoms with Crippen LogP contribution in [0.15, 0.2) is 47.8 Å².